The SMILES string of the molecule is O=S(=O)(c1ccc2c(c1)OCCO2)N1CCC(COc2ccc(C3CC3)nn2)CC1. The number of aromatic nitrogens is 2. The summed E-state index contributed by atoms with van der Waals surface area (Å²) in [6.07, 6.45) is 3.89. The van der Waals surface area contributed by atoms with Crippen molar-refractivity contribution >= 4 is 10.0 Å². The molecule has 3 heterocycles. The van der Waals surface area contributed by atoms with Crippen molar-refractivity contribution in [3.63, 3.8) is 0 Å². The van der Waals surface area contributed by atoms with E-state index in [1.165, 1.54) is 12.8 Å². The molecule has 0 N–H and O–H groups in total. The third-order valence-corrected chi connectivity index (χ3v) is 7.74. The zero-order chi connectivity index (χ0) is 20.6. The molecule has 0 unspecified atom stereocenters. The van der Waals surface area contributed by atoms with Gasteiger partial charge in [-0.2, -0.15) is 9.40 Å². The van der Waals surface area contributed by atoms with E-state index < -0.39 is 10.0 Å². The molecule has 5 rings (SSSR count). The molecule has 2 aromatic rings. The third-order valence-electron chi connectivity index (χ3n) is 5.85. The van der Waals surface area contributed by atoms with Crippen LogP contribution in [0.15, 0.2) is 35.2 Å². The molecular formula is C21H25N3O5S. The van der Waals surface area contributed by atoms with Gasteiger partial charge < -0.3 is 14.2 Å². The lowest BCUT2D eigenvalue weighted by Crippen LogP contribution is -2.39. The molecule has 160 valence electrons. The van der Waals surface area contributed by atoms with Gasteiger partial charge in [0.15, 0.2) is 11.5 Å². The largest absolute Gasteiger partial charge is 0.486 e. The Labute approximate surface area is 176 Å². The van der Waals surface area contributed by atoms with E-state index in [9.17, 15) is 8.42 Å². The molecule has 9 heteroatoms. The molecule has 1 saturated carbocycles. The number of hydrogen-bond donors (Lipinski definition) is 0. The average Bonchev–Trinajstić information content (AvgIpc) is 3.63. The van der Waals surface area contributed by atoms with Gasteiger partial charge in [0.2, 0.25) is 15.9 Å². The number of ether oxygens (including phenoxy) is 3. The van der Waals surface area contributed by atoms with E-state index in [2.05, 4.69) is 10.2 Å². The predicted octanol–water partition coefficient (Wildman–Crippen LogP) is 2.60. The summed E-state index contributed by atoms with van der Waals surface area (Å²) in [7, 11) is -3.56. The third kappa shape index (κ3) is 4.09. The van der Waals surface area contributed by atoms with Crippen molar-refractivity contribution in [2.75, 3.05) is 32.9 Å². The van der Waals surface area contributed by atoms with Crippen LogP contribution in [0.4, 0.5) is 0 Å². The van der Waals surface area contributed by atoms with Gasteiger partial charge in [-0.1, -0.05) is 0 Å². The second kappa shape index (κ2) is 8.03. The quantitative estimate of drug-likeness (QED) is 0.694. The van der Waals surface area contributed by atoms with Crippen molar-refractivity contribution in [2.24, 2.45) is 5.92 Å². The van der Waals surface area contributed by atoms with Gasteiger partial charge in [0.05, 0.1) is 17.2 Å². The van der Waals surface area contributed by atoms with Gasteiger partial charge in [0.1, 0.15) is 13.2 Å². The first-order valence-electron chi connectivity index (χ1n) is 10.5. The predicted molar refractivity (Wildman–Crippen MR) is 108 cm³/mol. The van der Waals surface area contributed by atoms with E-state index in [1.807, 2.05) is 12.1 Å². The number of benzene rings is 1. The van der Waals surface area contributed by atoms with E-state index in [4.69, 9.17) is 14.2 Å². The fourth-order valence-corrected chi connectivity index (χ4v) is 5.34. The molecule has 1 aliphatic carbocycles. The topological polar surface area (TPSA) is 90.9 Å². The van der Waals surface area contributed by atoms with Crippen molar-refractivity contribution in [1.82, 2.24) is 14.5 Å². The summed E-state index contributed by atoms with van der Waals surface area (Å²) in [5.41, 5.74) is 1.04. The highest BCUT2D eigenvalue weighted by Gasteiger charge is 2.31. The molecule has 30 heavy (non-hydrogen) atoms. The van der Waals surface area contributed by atoms with Crippen LogP contribution in [0.2, 0.25) is 0 Å². The molecule has 0 atom stereocenters. The van der Waals surface area contributed by atoms with Crippen LogP contribution in [0.5, 0.6) is 17.4 Å². The van der Waals surface area contributed by atoms with E-state index in [0.29, 0.717) is 62.1 Å². The molecule has 0 amide bonds. The number of sulfonamides is 1. The molecule has 3 aliphatic rings. The number of hydrogen-bond acceptors (Lipinski definition) is 7. The Morgan fingerprint density at radius 1 is 0.967 bits per heavy atom. The minimum atomic E-state index is -3.56. The second-order valence-electron chi connectivity index (χ2n) is 8.03. The summed E-state index contributed by atoms with van der Waals surface area (Å²) in [5.74, 6) is 2.48. The lowest BCUT2D eigenvalue weighted by molar-refractivity contribution is 0.170. The molecule has 2 fully saturated rings. The van der Waals surface area contributed by atoms with Gasteiger partial charge in [-0.15, -0.1) is 5.10 Å². The summed E-state index contributed by atoms with van der Waals surface area (Å²) in [6.45, 7) is 2.37. The molecule has 0 radical (unpaired) electrons. The standard InChI is InChI=1S/C21H25N3O5S/c25-30(26,17-3-5-19-20(13-17)28-12-11-27-19)24-9-7-15(8-10-24)14-29-21-6-4-18(22-23-21)16-1-2-16/h3-6,13,15-16H,1-2,7-12,14H2. The maximum absolute atomic E-state index is 13.0. The fourth-order valence-electron chi connectivity index (χ4n) is 3.86. The minimum absolute atomic E-state index is 0.243. The van der Waals surface area contributed by atoms with Gasteiger partial charge >= 0.3 is 0 Å². The van der Waals surface area contributed by atoms with Gasteiger partial charge in [-0.05, 0) is 49.8 Å². The minimum Gasteiger partial charge on any atom is -0.486 e. The summed E-state index contributed by atoms with van der Waals surface area (Å²) in [5, 5.41) is 8.38. The monoisotopic (exact) mass is 431 g/mol. The van der Waals surface area contributed by atoms with Crippen LogP contribution in [0.25, 0.3) is 0 Å². The van der Waals surface area contributed by atoms with Gasteiger partial charge in [-0.3, -0.25) is 0 Å². The molecule has 0 spiro atoms. The van der Waals surface area contributed by atoms with E-state index in [0.717, 1.165) is 18.5 Å². The fraction of sp³-hybridized carbons (Fsp3) is 0.524. The summed E-state index contributed by atoms with van der Waals surface area (Å²) < 4.78 is 44.4. The number of nitrogens with zero attached hydrogens (tertiary/aromatic N) is 3. The van der Waals surface area contributed by atoms with Crippen LogP contribution in [-0.4, -0.2) is 55.8 Å². The van der Waals surface area contributed by atoms with Crippen LogP contribution in [-0.2, 0) is 10.0 Å². The molecule has 1 saturated heterocycles. The Morgan fingerprint density at radius 3 is 2.43 bits per heavy atom. The van der Waals surface area contributed by atoms with Crippen LogP contribution in [0, 0.1) is 5.92 Å². The average molecular weight is 432 g/mol. The van der Waals surface area contributed by atoms with Crippen molar-refractivity contribution in [3.05, 3.63) is 36.0 Å². The molecule has 1 aromatic heterocycles. The first-order chi connectivity index (χ1) is 14.6. The number of rotatable bonds is 6. The molecule has 2 aliphatic heterocycles. The van der Waals surface area contributed by atoms with Gasteiger partial charge in [0, 0.05) is 31.1 Å². The summed E-state index contributed by atoms with van der Waals surface area (Å²) in [4.78, 5) is 0.243. The Bertz CT molecular complexity index is 1000. The van der Waals surface area contributed by atoms with E-state index in [-0.39, 0.29) is 4.90 Å². The van der Waals surface area contributed by atoms with Crippen LogP contribution >= 0.6 is 0 Å². The van der Waals surface area contributed by atoms with Gasteiger partial charge in [0.25, 0.3) is 0 Å². The zero-order valence-corrected chi connectivity index (χ0v) is 17.5. The van der Waals surface area contributed by atoms with Crippen molar-refractivity contribution in [3.8, 4) is 17.4 Å². The van der Waals surface area contributed by atoms with E-state index >= 15 is 0 Å². The molecule has 8 nitrogen and oxygen atoms in total. The Kier molecular flexibility index (Phi) is 5.24. The molecule has 1 aromatic carbocycles. The maximum Gasteiger partial charge on any atom is 0.243 e. The second-order valence-corrected chi connectivity index (χ2v) is 9.97. The summed E-state index contributed by atoms with van der Waals surface area (Å²) >= 11 is 0. The summed E-state index contributed by atoms with van der Waals surface area (Å²) in [6, 6.07) is 8.67. The smallest absolute Gasteiger partial charge is 0.243 e. The first-order valence-corrected chi connectivity index (χ1v) is 11.9. The van der Waals surface area contributed by atoms with Gasteiger partial charge in [-0.25, -0.2) is 8.42 Å². The van der Waals surface area contributed by atoms with Crippen molar-refractivity contribution in [2.45, 2.75) is 36.5 Å². The lowest BCUT2D eigenvalue weighted by Gasteiger charge is -2.31. The Hall–Kier alpha value is -2.39. The highest BCUT2D eigenvalue weighted by molar-refractivity contribution is 7.89. The first kappa shape index (κ1) is 19.6. The lowest BCUT2D eigenvalue weighted by atomic mass is 9.99. The van der Waals surface area contributed by atoms with Crippen LogP contribution in [0.1, 0.15) is 37.3 Å². The molecular weight excluding hydrogens is 406 g/mol. The van der Waals surface area contributed by atoms with E-state index in [1.54, 1.807) is 22.5 Å². The maximum atomic E-state index is 13.0. The number of piperidine rings is 1. The highest BCUT2D eigenvalue weighted by Crippen LogP contribution is 2.38. The van der Waals surface area contributed by atoms with Crippen molar-refractivity contribution in [1.29, 1.82) is 0 Å². The van der Waals surface area contributed by atoms with Crippen LogP contribution < -0.4 is 14.2 Å². The number of fused-ring (bicyclic) bond motifs is 1. The highest BCUT2D eigenvalue weighted by atomic mass is 32.2. The Morgan fingerprint density at radius 2 is 1.73 bits per heavy atom. The molecule has 0 bridgehead atoms. The van der Waals surface area contributed by atoms with Crippen LogP contribution in [0.3, 0.4) is 0 Å². The normalized spacial score (nSPS) is 20.1. The zero-order valence-electron chi connectivity index (χ0n) is 16.7. The van der Waals surface area contributed by atoms with Crippen molar-refractivity contribution < 1.29 is 22.6 Å². The Balaban J connectivity index is 1.16.